The molecule has 6 nitrogen and oxygen atoms in total. The van der Waals surface area contributed by atoms with E-state index in [1.165, 1.54) is 0 Å². The Kier molecular flexibility index (Phi) is 2.51. The monoisotopic (exact) mass is 183 g/mol. The molecule has 0 amide bonds. The molecule has 1 unspecified atom stereocenters. The normalized spacial score (nSPS) is 23.3. The average Bonchev–Trinajstić information content (AvgIpc) is 2.67. The van der Waals surface area contributed by atoms with E-state index in [0.717, 1.165) is 25.3 Å². The smallest absolute Gasteiger partial charge is 0.165 e. The molecular formula is C7H13N5O. The number of tetrazole rings is 1. The van der Waals surface area contributed by atoms with Crippen LogP contribution in [-0.4, -0.2) is 33.4 Å². The number of hydrogen-bond acceptors (Lipinski definition) is 5. The van der Waals surface area contributed by atoms with Gasteiger partial charge in [0.15, 0.2) is 5.82 Å². The fourth-order valence-corrected chi connectivity index (χ4v) is 1.55. The summed E-state index contributed by atoms with van der Waals surface area (Å²) in [6.07, 6.45) is 2.13. The zero-order chi connectivity index (χ0) is 9.10. The molecule has 0 bridgehead atoms. The molecule has 1 atom stereocenters. The first-order valence-corrected chi connectivity index (χ1v) is 4.46. The van der Waals surface area contributed by atoms with Crippen LogP contribution in [0, 0.1) is 0 Å². The van der Waals surface area contributed by atoms with Crippen molar-refractivity contribution in [2.45, 2.75) is 25.4 Å². The van der Waals surface area contributed by atoms with Crippen LogP contribution in [0.2, 0.25) is 0 Å². The lowest BCUT2D eigenvalue weighted by Crippen LogP contribution is -2.24. The third-order valence-corrected chi connectivity index (χ3v) is 2.23. The second-order valence-electron chi connectivity index (χ2n) is 3.11. The first-order valence-electron chi connectivity index (χ1n) is 4.46. The van der Waals surface area contributed by atoms with Crippen LogP contribution in [0.1, 0.15) is 24.7 Å². The van der Waals surface area contributed by atoms with Gasteiger partial charge >= 0.3 is 0 Å². The third kappa shape index (κ3) is 1.68. The Morgan fingerprint density at radius 1 is 1.62 bits per heavy atom. The van der Waals surface area contributed by atoms with Crippen molar-refractivity contribution in [3.05, 3.63) is 5.82 Å². The third-order valence-electron chi connectivity index (χ3n) is 2.23. The quantitative estimate of drug-likeness (QED) is 0.667. The second-order valence-corrected chi connectivity index (χ2v) is 3.11. The Bertz CT molecular complexity index is 268. The van der Waals surface area contributed by atoms with Crippen LogP contribution in [0.4, 0.5) is 0 Å². The molecule has 1 fully saturated rings. The van der Waals surface area contributed by atoms with E-state index in [2.05, 4.69) is 15.5 Å². The number of aromatic nitrogens is 4. The highest BCUT2D eigenvalue weighted by Gasteiger charge is 2.19. The minimum absolute atomic E-state index is 0.266. The van der Waals surface area contributed by atoms with E-state index in [1.807, 2.05) is 0 Å². The molecule has 1 aliphatic heterocycles. The van der Waals surface area contributed by atoms with Crippen LogP contribution in [0.5, 0.6) is 0 Å². The van der Waals surface area contributed by atoms with Gasteiger partial charge in [0, 0.05) is 6.61 Å². The standard InChI is InChI=1S/C7H13N5O/c8-4-7-9-10-11-12(7)6-2-1-3-13-5-6/h6H,1-5,8H2. The molecule has 0 spiro atoms. The summed E-state index contributed by atoms with van der Waals surface area (Å²) in [6, 6.07) is 0.266. The first-order chi connectivity index (χ1) is 6.42. The molecule has 1 saturated heterocycles. The number of hydrogen-bond donors (Lipinski definition) is 1. The molecule has 2 N–H and O–H groups in total. The Hall–Kier alpha value is -1.01. The molecule has 1 aromatic heterocycles. The van der Waals surface area contributed by atoms with Gasteiger partial charge in [-0.05, 0) is 23.3 Å². The van der Waals surface area contributed by atoms with Gasteiger partial charge in [-0.25, -0.2) is 4.68 Å². The summed E-state index contributed by atoms with van der Waals surface area (Å²) in [5, 5.41) is 11.3. The van der Waals surface area contributed by atoms with E-state index in [-0.39, 0.29) is 6.04 Å². The fraction of sp³-hybridized carbons (Fsp3) is 0.857. The molecule has 72 valence electrons. The van der Waals surface area contributed by atoms with Crippen molar-refractivity contribution >= 4 is 0 Å². The van der Waals surface area contributed by atoms with Gasteiger partial charge < -0.3 is 10.5 Å². The summed E-state index contributed by atoms with van der Waals surface area (Å²) in [7, 11) is 0. The van der Waals surface area contributed by atoms with Gasteiger partial charge in [-0.15, -0.1) is 5.10 Å². The summed E-state index contributed by atoms with van der Waals surface area (Å²) >= 11 is 0. The highest BCUT2D eigenvalue weighted by atomic mass is 16.5. The van der Waals surface area contributed by atoms with Crippen molar-refractivity contribution < 1.29 is 4.74 Å². The molecule has 0 saturated carbocycles. The SMILES string of the molecule is NCc1nnnn1C1CCCOC1. The van der Waals surface area contributed by atoms with E-state index in [4.69, 9.17) is 10.5 Å². The van der Waals surface area contributed by atoms with Gasteiger partial charge in [0.2, 0.25) is 0 Å². The van der Waals surface area contributed by atoms with Crippen molar-refractivity contribution in [3.63, 3.8) is 0 Å². The topological polar surface area (TPSA) is 78.9 Å². The van der Waals surface area contributed by atoms with Gasteiger partial charge in [0.1, 0.15) is 0 Å². The van der Waals surface area contributed by atoms with Crippen LogP contribution >= 0.6 is 0 Å². The van der Waals surface area contributed by atoms with Gasteiger partial charge in [-0.1, -0.05) is 0 Å². The van der Waals surface area contributed by atoms with Gasteiger partial charge in [0.05, 0.1) is 19.2 Å². The second kappa shape index (κ2) is 3.80. The number of ether oxygens (including phenoxy) is 1. The number of nitrogens with two attached hydrogens (primary N) is 1. The van der Waals surface area contributed by atoms with Crippen molar-refractivity contribution in [3.8, 4) is 0 Å². The largest absolute Gasteiger partial charge is 0.379 e. The maximum atomic E-state index is 5.50. The summed E-state index contributed by atoms with van der Waals surface area (Å²) in [6.45, 7) is 1.91. The van der Waals surface area contributed by atoms with E-state index >= 15 is 0 Å². The van der Waals surface area contributed by atoms with Crippen LogP contribution in [0.15, 0.2) is 0 Å². The van der Waals surface area contributed by atoms with Crippen LogP contribution in [0.3, 0.4) is 0 Å². The Balaban J connectivity index is 2.13. The molecule has 1 aliphatic rings. The maximum Gasteiger partial charge on any atom is 0.165 e. The molecule has 1 aromatic rings. The molecule has 6 heteroatoms. The summed E-state index contributed by atoms with van der Waals surface area (Å²) < 4.78 is 7.13. The van der Waals surface area contributed by atoms with E-state index in [0.29, 0.717) is 13.2 Å². The molecule has 13 heavy (non-hydrogen) atoms. The average molecular weight is 183 g/mol. The van der Waals surface area contributed by atoms with Gasteiger partial charge in [-0.3, -0.25) is 0 Å². The van der Waals surface area contributed by atoms with Crippen molar-refractivity contribution in [1.82, 2.24) is 20.2 Å². The Morgan fingerprint density at radius 2 is 2.54 bits per heavy atom. The Morgan fingerprint density at radius 3 is 3.23 bits per heavy atom. The lowest BCUT2D eigenvalue weighted by Gasteiger charge is -2.22. The predicted molar refractivity (Wildman–Crippen MR) is 44.8 cm³/mol. The predicted octanol–water partition coefficient (Wildman–Crippen LogP) is -0.517. The van der Waals surface area contributed by atoms with Crippen LogP contribution < -0.4 is 5.73 Å². The fourth-order valence-electron chi connectivity index (χ4n) is 1.55. The van der Waals surface area contributed by atoms with E-state index < -0.39 is 0 Å². The van der Waals surface area contributed by atoms with E-state index in [9.17, 15) is 0 Å². The summed E-state index contributed by atoms with van der Waals surface area (Å²) in [5.74, 6) is 0.732. The minimum atomic E-state index is 0.266. The minimum Gasteiger partial charge on any atom is -0.379 e. The van der Waals surface area contributed by atoms with Gasteiger partial charge in [-0.2, -0.15) is 0 Å². The number of rotatable bonds is 2. The highest BCUT2D eigenvalue weighted by Crippen LogP contribution is 2.18. The number of nitrogens with zero attached hydrogens (tertiary/aromatic N) is 4. The molecule has 2 rings (SSSR count). The zero-order valence-corrected chi connectivity index (χ0v) is 7.39. The van der Waals surface area contributed by atoms with Gasteiger partial charge in [0.25, 0.3) is 0 Å². The molecule has 0 radical (unpaired) electrons. The lowest BCUT2D eigenvalue weighted by molar-refractivity contribution is 0.0532. The van der Waals surface area contributed by atoms with Crippen molar-refractivity contribution in [2.24, 2.45) is 5.73 Å². The van der Waals surface area contributed by atoms with Crippen molar-refractivity contribution in [2.75, 3.05) is 13.2 Å². The van der Waals surface area contributed by atoms with Crippen molar-refractivity contribution in [1.29, 1.82) is 0 Å². The summed E-state index contributed by atoms with van der Waals surface area (Å²) in [5.41, 5.74) is 5.50. The molecule has 2 heterocycles. The summed E-state index contributed by atoms with van der Waals surface area (Å²) in [4.78, 5) is 0. The van der Waals surface area contributed by atoms with Crippen LogP contribution in [0.25, 0.3) is 0 Å². The molecular weight excluding hydrogens is 170 g/mol. The maximum absolute atomic E-state index is 5.50. The molecule has 0 aromatic carbocycles. The highest BCUT2D eigenvalue weighted by molar-refractivity contribution is 4.83. The molecule has 0 aliphatic carbocycles. The zero-order valence-electron chi connectivity index (χ0n) is 7.39. The Labute approximate surface area is 76.1 Å². The lowest BCUT2D eigenvalue weighted by atomic mass is 10.1. The van der Waals surface area contributed by atoms with Crippen LogP contribution in [-0.2, 0) is 11.3 Å². The first kappa shape index (κ1) is 8.58. The van der Waals surface area contributed by atoms with E-state index in [1.54, 1.807) is 4.68 Å².